The van der Waals surface area contributed by atoms with Crippen molar-refractivity contribution in [3.8, 4) is 0 Å². The molecule has 0 aliphatic rings. The molecule has 0 spiro atoms. The van der Waals surface area contributed by atoms with E-state index in [1.54, 1.807) is 19.9 Å². The van der Waals surface area contributed by atoms with Gasteiger partial charge in [0.15, 0.2) is 0 Å². The van der Waals surface area contributed by atoms with E-state index in [0.29, 0.717) is 19.8 Å². The van der Waals surface area contributed by atoms with Gasteiger partial charge in [-0.3, -0.25) is 4.79 Å². The third kappa shape index (κ3) is 8.24. The van der Waals surface area contributed by atoms with Gasteiger partial charge in [0.05, 0.1) is 21.1 Å². The lowest BCUT2D eigenvalue weighted by Crippen LogP contribution is -2.20. The predicted octanol–water partition coefficient (Wildman–Crippen LogP) is 1.88. The van der Waals surface area contributed by atoms with Crippen LogP contribution < -0.4 is 0 Å². The number of esters is 1. The lowest BCUT2D eigenvalue weighted by molar-refractivity contribution is -0.146. The SMILES string of the molecule is [B]C(C)(C)C(=O)OCCCCOCC=C. The van der Waals surface area contributed by atoms with Crippen molar-refractivity contribution >= 4 is 13.8 Å². The maximum atomic E-state index is 11.2. The second-order valence-electron chi connectivity index (χ2n) is 3.93. The van der Waals surface area contributed by atoms with E-state index < -0.39 is 5.31 Å². The van der Waals surface area contributed by atoms with Crippen LogP contribution in [0.25, 0.3) is 0 Å². The van der Waals surface area contributed by atoms with Crippen LogP contribution in [0, 0.1) is 0 Å². The standard InChI is InChI=1S/C11H19BO3/c1-4-7-14-8-5-6-9-15-10(13)11(2,3)12/h4H,1,5-9H2,2-3H3. The highest BCUT2D eigenvalue weighted by Gasteiger charge is 2.21. The molecule has 3 nitrogen and oxygen atoms in total. The van der Waals surface area contributed by atoms with E-state index in [4.69, 9.17) is 17.3 Å². The van der Waals surface area contributed by atoms with E-state index >= 15 is 0 Å². The van der Waals surface area contributed by atoms with Gasteiger partial charge in [-0.15, -0.1) is 6.58 Å². The van der Waals surface area contributed by atoms with Gasteiger partial charge in [0.25, 0.3) is 0 Å². The molecule has 0 aliphatic carbocycles. The van der Waals surface area contributed by atoms with Crippen LogP contribution >= 0.6 is 0 Å². The van der Waals surface area contributed by atoms with E-state index in [-0.39, 0.29) is 5.97 Å². The van der Waals surface area contributed by atoms with Gasteiger partial charge in [0, 0.05) is 11.9 Å². The second kappa shape index (κ2) is 7.52. The van der Waals surface area contributed by atoms with Crippen molar-refractivity contribution in [3.63, 3.8) is 0 Å². The summed E-state index contributed by atoms with van der Waals surface area (Å²) in [5.74, 6) is -0.366. The quantitative estimate of drug-likeness (QED) is 0.265. The first-order valence-electron chi connectivity index (χ1n) is 5.13. The molecule has 0 atom stereocenters. The van der Waals surface area contributed by atoms with Crippen molar-refractivity contribution in [1.29, 1.82) is 0 Å². The smallest absolute Gasteiger partial charge is 0.302 e. The molecule has 0 aromatic rings. The minimum atomic E-state index is -0.903. The Labute approximate surface area is 93.2 Å². The monoisotopic (exact) mass is 210 g/mol. The van der Waals surface area contributed by atoms with Crippen LogP contribution in [0.3, 0.4) is 0 Å². The molecule has 0 bridgehead atoms. The highest BCUT2D eigenvalue weighted by atomic mass is 16.5. The van der Waals surface area contributed by atoms with Crippen molar-refractivity contribution in [1.82, 2.24) is 0 Å². The first-order chi connectivity index (χ1) is 6.98. The zero-order valence-electron chi connectivity index (χ0n) is 9.62. The molecule has 0 N–H and O–H groups in total. The van der Waals surface area contributed by atoms with Gasteiger partial charge < -0.3 is 9.47 Å². The fraction of sp³-hybridized carbons (Fsp3) is 0.727. The normalized spacial score (nSPS) is 11.1. The highest BCUT2D eigenvalue weighted by molar-refractivity contribution is 6.26. The lowest BCUT2D eigenvalue weighted by atomic mass is 9.73. The molecule has 0 amide bonds. The number of hydrogen-bond acceptors (Lipinski definition) is 3. The fourth-order valence-corrected chi connectivity index (χ4v) is 0.824. The Kier molecular flexibility index (Phi) is 7.13. The van der Waals surface area contributed by atoms with E-state index in [9.17, 15) is 4.79 Å². The Bertz CT molecular complexity index is 196. The van der Waals surface area contributed by atoms with E-state index in [0.717, 1.165) is 12.8 Å². The molecule has 0 fully saturated rings. The van der Waals surface area contributed by atoms with Gasteiger partial charge in [-0.2, -0.15) is 0 Å². The number of ether oxygens (including phenoxy) is 2. The number of rotatable bonds is 8. The van der Waals surface area contributed by atoms with Gasteiger partial charge in [-0.1, -0.05) is 19.9 Å². The molecule has 0 rings (SSSR count). The molecule has 2 radical (unpaired) electrons. The number of carbonyl (C=O) groups is 1. The van der Waals surface area contributed by atoms with Gasteiger partial charge in [-0.25, -0.2) is 0 Å². The van der Waals surface area contributed by atoms with Crippen LogP contribution in [0.15, 0.2) is 12.7 Å². The molecule has 4 heteroatoms. The zero-order valence-corrected chi connectivity index (χ0v) is 9.62. The van der Waals surface area contributed by atoms with Crippen molar-refractivity contribution in [2.45, 2.75) is 32.0 Å². The zero-order chi connectivity index (χ0) is 11.7. The Morgan fingerprint density at radius 1 is 1.40 bits per heavy atom. The lowest BCUT2D eigenvalue weighted by Gasteiger charge is -2.16. The summed E-state index contributed by atoms with van der Waals surface area (Å²) in [6.07, 6.45) is 3.36. The summed E-state index contributed by atoms with van der Waals surface area (Å²) in [4.78, 5) is 11.2. The largest absolute Gasteiger partial charge is 0.466 e. The van der Waals surface area contributed by atoms with Crippen LogP contribution in [0.4, 0.5) is 0 Å². The summed E-state index contributed by atoms with van der Waals surface area (Å²) in [5.41, 5.74) is 0. The van der Waals surface area contributed by atoms with Crippen LogP contribution in [0.1, 0.15) is 26.7 Å². The average Bonchev–Trinajstić information content (AvgIpc) is 2.14. The Hall–Kier alpha value is -0.765. The van der Waals surface area contributed by atoms with Crippen LogP contribution in [0.2, 0.25) is 5.31 Å². The third-order valence-electron chi connectivity index (χ3n) is 1.68. The third-order valence-corrected chi connectivity index (χ3v) is 1.68. The summed E-state index contributed by atoms with van der Waals surface area (Å²) in [6, 6.07) is 0. The predicted molar refractivity (Wildman–Crippen MR) is 61.0 cm³/mol. The molecular formula is C11H19BO3. The average molecular weight is 210 g/mol. The van der Waals surface area contributed by atoms with Crippen LogP contribution in [0.5, 0.6) is 0 Å². The van der Waals surface area contributed by atoms with Gasteiger partial charge in [0.2, 0.25) is 0 Å². The highest BCUT2D eigenvalue weighted by Crippen LogP contribution is 2.19. The summed E-state index contributed by atoms with van der Waals surface area (Å²) in [7, 11) is 5.55. The first-order valence-corrected chi connectivity index (χ1v) is 5.13. The Balaban J connectivity index is 3.32. The molecule has 84 valence electrons. The second-order valence-corrected chi connectivity index (χ2v) is 3.93. The molecule has 0 aromatic heterocycles. The molecule has 0 saturated heterocycles. The fourth-order valence-electron chi connectivity index (χ4n) is 0.824. The maximum absolute atomic E-state index is 11.2. The van der Waals surface area contributed by atoms with Gasteiger partial charge in [-0.05, 0) is 12.8 Å². The molecule has 0 aromatic carbocycles. The van der Waals surface area contributed by atoms with E-state index in [2.05, 4.69) is 6.58 Å². The first kappa shape index (κ1) is 14.2. The van der Waals surface area contributed by atoms with E-state index in [1.807, 2.05) is 0 Å². The molecular weight excluding hydrogens is 191 g/mol. The minimum Gasteiger partial charge on any atom is -0.466 e. The number of hydrogen-bond donors (Lipinski definition) is 0. The number of carbonyl (C=O) groups excluding carboxylic acids is 1. The number of unbranched alkanes of at least 4 members (excludes halogenated alkanes) is 1. The minimum absolute atomic E-state index is 0.366. The van der Waals surface area contributed by atoms with Gasteiger partial charge >= 0.3 is 5.97 Å². The maximum Gasteiger partial charge on any atom is 0.302 e. The van der Waals surface area contributed by atoms with Crippen molar-refractivity contribution in [2.75, 3.05) is 19.8 Å². The summed E-state index contributed by atoms with van der Waals surface area (Å²) in [6.45, 7) is 8.42. The van der Waals surface area contributed by atoms with Crippen molar-refractivity contribution in [2.24, 2.45) is 0 Å². The Morgan fingerprint density at radius 2 is 2.00 bits per heavy atom. The topological polar surface area (TPSA) is 35.5 Å². The molecule has 0 heterocycles. The summed E-state index contributed by atoms with van der Waals surface area (Å²) >= 11 is 0. The summed E-state index contributed by atoms with van der Waals surface area (Å²) in [5, 5.41) is -0.903. The summed E-state index contributed by atoms with van der Waals surface area (Å²) < 4.78 is 10.1. The van der Waals surface area contributed by atoms with Crippen LogP contribution in [-0.4, -0.2) is 33.6 Å². The molecule has 0 saturated carbocycles. The molecule has 0 aliphatic heterocycles. The molecule has 15 heavy (non-hydrogen) atoms. The van der Waals surface area contributed by atoms with Crippen LogP contribution in [-0.2, 0) is 14.3 Å². The Morgan fingerprint density at radius 3 is 2.53 bits per heavy atom. The van der Waals surface area contributed by atoms with Gasteiger partial charge in [0.1, 0.15) is 0 Å². The van der Waals surface area contributed by atoms with Crippen molar-refractivity contribution in [3.05, 3.63) is 12.7 Å². The van der Waals surface area contributed by atoms with E-state index in [1.165, 1.54) is 0 Å². The molecule has 0 unspecified atom stereocenters. The van der Waals surface area contributed by atoms with Crippen molar-refractivity contribution < 1.29 is 14.3 Å².